The van der Waals surface area contributed by atoms with Crippen molar-refractivity contribution in [1.29, 1.82) is 0 Å². The van der Waals surface area contributed by atoms with Crippen molar-refractivity contribution in [2.45, 2.75) is 19.9 Å². The Labute approximate surface area is 192 Å². The molecule has 5 nitrogen and oxygen atoms in total. The molecule has 1 aliphatic rings. The molecule has 0 saturated carbocycles. The summed E-state index contributed by atoms with van der Waals surface area (Å²) in [6.45, 7) is 3.89. The van der Waals surface area contributed by atoms with E-state index in [-0.39, 0.29) is 23.6 Å². The summed E-state index contributed by atoms with van der Waals surface area (Å²) < 4.78 is 5.38. The van der Waals surface area contributed by atoms with Gasteiger partial charge in [-0.1, -0.05) is 54.6 Å². The number of furan rings is 1. The third-order valence-electron chi connectivity index (χ3n) is 6.03. The Morgan fingerprint density at radius 3 is 2.18 bits per heavy atom. The third kappa shape index (κ3) is 3.82. The molecule has 33 heavy (non-hydrogen) atoms. The zero-order valence-corrected chi connectivity index (χ0v) is 18.6. The van der Waals surface area contributed by atoms with E-state index >= 15 is 0 Å². The van der Waals surface area contributed by atoms with Crippen LogP contribution >= 0.6 is 0 Å². The van der Waals surface area contributed by atoms with Crippen LogP contribution < -0.4 is 9.80 Å². The molecule has 1 atom stereocenters. The molecule has 4 aromatic rings. The standard InChI is InChI=1S/C28H24N2O3/c1-19-18-29(28(32)27-12-7-15-33-27)26-17-24(13-14-25(26)30(19)20(2)31)23-11-6-10-22(16-23)21-8-4-3-5-9-21/h3-17,19H,18H2,1-2H3. The zero-order valence-electron chi connectivity index (χ0n) is 18.6. The molecular formula is C28H24N2O3. The molecule has 0 radical (unpaired) electrons. The van der Waals surface area contributed by atoms with Gasteiger partial charge < -0.3 is 14.2 Å². The second-order valence-electron chi connectivity index (χ2n) is 8.28. The number of rotatable bonds is 3. The molecule has 0 N–H and O–H groups in total. The summed E-state index contributed by atoms with van der Waals surface area (Å²) in [5.41, 5.74) is 5.70. The van der Waals surface area contributed by atoms with Crippen LogP contribution in [-0.4, -0.2) is 24.4 Å². The molecule has 3 aromatic carbocycles. The third-order valence-corrected chi connectivity index (χ3v) is 6.03. The van der Waals surface area contributed by atoms with Gasteiger partial charge in [0.25, 0.3) is 5.91 Å². The lowest BCUT2D eigenvalue weighted by atomic mass is 9.97. The normalized spacial score (nSPS) is 15.3. The highest BCUT2D eigenvalue weighted by molar-refractivity contribution is 6.10. The van der Waals surface area contributed by atoms with Crippen LogP contribution in [-0.2, 0) is 4.79 Å². The Hall–Kier alpha value is -4.12. The first kappa shape index (κ1) is 20.8. The first-order chi connectivity index (χ1) is 16.0. The maximum atomic E-state index is 13.3. The fourth-order valence-corrected chi connectivity index (χ4v) is 4.52. The van der Waals surface area contributed by atoms with Crippen LogP contribution in [0.5, 0.6) is 0 Å². The van der Waals surface area contributed by atoms with E-state index in [9.17, 15) is 9.59 Å². The summed E-state index contributed by atoms with van der Waals surface area (Å²) in [6.07, 6.45) is 1.49. The van der Waals surface area contributed by atoms with Gasteiger partial charge >= 0.3 is 0 Å². The fraction of sp³-hybridized carbons (Fsp3) is 0.143. The van der Waals surface area contributed by atoms with Gasteiger partial charge in [-0.3, -0.25) is 9.59 Å². The second kappa shape index (κ2) is 8.43. The molecule has 2 heterocycles. The predicted octanol–water partition coefficient (Wildman–Crippen LogP) is 6.02. The van der Waals surface area contributed by atoms with Crippen LogP contribution in [0.25, 0.3) is 22.3 Å². The van der Waals surface area contributed by atoms with Crippen LogP contribution in [0.1, 0.15) is 24.4 Å². The van der Waals surface area contributed by atoms with Crippen molar-refractivity contribution < 1.29 is 14.0 Å². The Morgan fingerprint density at radius 1 is 0.788 bits per heavy atom. The molecule has 1 aromatic heterocycles. The number of anilines is 2. The minimum atomic E-state index is -0.216. The topological polar surface area (TPSA) is 53.8 Å². The van der Waals surface area contributed by atoms with E-state index in [1.165, 1.54) is 6.26 Å². The summed E-state index contributed by atoms with van der Waals surface area (Å²) in [5, 5.41) is 0. The van der Waals surface area contributed by atoms with Crippen molar-refractivity contribution >= 4 is 23.2 Å². The number of carbonyl (C=O) groups is 2. The van der Waals surface area contributed by atoms with E-state index in [1.54, 1.807) is 28.9 Å². The first-order valence-corrected chi connectivity index (χ1v) is 11.0. The molecule has 5 heteroatoms. The maximum Gasteiger partial charge on any atom is 0.294 e. The second-order valence-corrected chi connectivity index (χ2v) is 8.28. The molecule has 1 unspecified atom stereocenters. The molecule has 0 bridgehead atoms. The van der Waals surface area contributed by atoms with Gasteiger partial charge in [-0.05, 0) is 59.5 Å². The van der Waals surface area contributed by atoms with Crippen molar-refractivity contribution in [3.05, 3.63) is 97.0 Å². The minimum Gasteiger partial charge on any atom is -0.459 e. The average Bonchev–Trinajstić information content (AvgIpc) is 3.38. The van der Waals surface area contributed by atoms with Crippen molar-refractivity contribution in [3.8, 4) is 22.3 Å². The van der Waals surface area contributed by atoms with Gasteiger partial charge in [0.2, 0.25) is 5.91 Å². The highest BCUT2D eigenvalue weighted by Gasteiger charge is 2.35. The van der Waals surface area contributed by atoms with Crippen molar-refractivity contribution in [3.63, 3.8) is 0 Å². The molecule has 5 rings (SSSR count). The number of hydrogen-bond donors (Lipinski definition) is 0. The van der Waals surface area contributed by atoms with Crippen LogP contribution in [0.2, 0.25) is 0 Å². The van der Waals surface area contributed by atoms with Crippen LogP contribution in [0.15, 0.2) is 95.6 Å². The van der Waals surface area contributed by atoms with E-state index in [4.69, 9.17) is 4.42 Å². The van der Waals surface area contributed by atoms with E-state index in [0.29, 0.717) is 12.2 Å². The SMILES string of the molecule is CC(=O)N1c2ccc(-c3cccc(-c4ccccc4)c3)cc2N(C(=O)c2ccco2)CC1C. The Morgan fingerprint density at radius 2 is 1.48 bits per heavy atom. The molecule has 164 valence electrons. The summed E-state index contributed by atoms with van der Waals surface area (Å²) in [6, 6.07) is 27.7. The van der Waals surface area contributed by atoms with Gasteiger partial charge in [-0.25, -0.2) is 0 Å². The van der Waals surface area contributed by atoms with Gasteiger partial charge in [-0.15, -0.1) is 0 Å². The number of carbonyl (C=O) groups excluding carboxylic acids is 2. The highest BCUT2D eigenvalue weighted by Crippen LogP contribution is 2.40. The summed E-state index contributed by atoms with van der Waals surface area (Å²) in [7, 11) is 0. The van der Waals surface area contributed by atoms with Crippen molar-refractivity contribution in [2.24, 2.45) is 0 Å². The monoisotopic (exact) mass is 436 g/mol. The summed E-state index contributed by atoms with van der Waals surface area (Å²) in [5.74, 6) is 0.0139. The highest BCUT2D eigenvalue weighted by atomic mass is 16.3. The van der Waals surface area contributed by atoms with Crippen LogP contribution in [0.4, 0.5) is 11.4 Å². The quantitative estimate of drug-likeness (QED) is 0.395. The molecule has 0 fully saturated rings. The van der Waals surface area contributed by atoms with Crippen molar-refractivity contribution in [1.82, 2.24) is 0 Å². The van der Waals surface area contributed by atoms with E-state index < -0.39 is 0 Å². The van der Waals surface area contributed by atoms with Gasteiger partial charge in [0.15, 0.2) is 5.76 Å². The minimum absolute atomic E-state index is 0.0485. The maximum absolute atomic E-state index is 13.3. The molecular weight excluding hydrogens is 412 g/mol. The number of nitrogens with zero attached hydrogens (tertiary/aromatic N) is 2. The van der Waals surface area contributed by atoms with Gasteiger partial charge in [0.1, 0.15) is 0 Å². The molecule has 0 spiro atoms. The van der Waals surface area contributed by atoms with E-state index in [2.05, 4.69) is 30.3 Å². The van der Waals surface area contributed by atoms with Gasteiger partial charge in [0.05, 0.1) is 23.7 Å². The number of fused-ring (bicyclic) bond motifs is 1. The lowest BCUT2D eigenvalue weighted by Gasteiger charge is -2.40. The van der Waals surface area contributed by atoms with E-state index in [0.717, 1.165) is 27.9 Å². The lowest BCUT2D eigenvalue weighted by molar-refractivity contribution is -0.117. The number of benzene rings is 3. The molecule has 0 aliphatic carbocycles. The fourth-order valence-electron chi connectivity index (χ4n) is 4.52. The number of amides is 2. The van der Waals surface area contributed by atoms with Gasteiger partial charge in [0, 0.05) is 13.5 Å². The average molecular weight is 437 g/mol. The van der Waals surface area contributed by atoms with Crippen LogP contribution in [0.3, 0.4) is 0 Å². The van der Waals surface area contributed by atoms with Gasteiger partial charge in [-0.2, -0.15) is 0 Å². The summed E-state index contributed by atoms with van der Waals surface area (Å²) >= 11 is 0. The first-order valence-electron chi connectivity index (χ1n) is 11.0. The largest absolute Gasteiger partial charge is 0.459 e. The molecule has 1 aliphatic heterocycles. The Bertz CT molecular complexity index is 1310. The van der Waals surface area contributed by atoms with E-state index in [1.807, 2.05) is 49.4 Å². The lowest BCUT2D eigenvalue weighted by Crippen LogP contribution is -2.51. The molecule has 2 amide bonds. The summed E-state index contributed by atoms with van der Waals surface area (Å²) in [4.78, 5) is 29.2. The zero-order chi connectivity index (χ0) is 22.9. The Kier molecular flexibility index (Phi) is 5.31. The smallest absolute Gasteiger partial charge is 0.294 e. The predicted molar refractivity (Wildman–Crippen MR) is 130 cm³/mol. The van der Waals surface area contributed by atoms with Crippen molar-refractivity contribution in [2.75, 3.05) is 16.3 Å². The molecule has 0 saturated heterocycles. The van der Waals surface area contributed by atoms with Crippen LogP contribution in [0, 0.1) is 0 Å². The number of hydrogen-bond acceptors (Lipinski definition) is 3. The Balaban J connectivity index is 1.61.